The molecule has 0 unspecified atom stereocenters. The van der Waals surface area contributed by atoms with Crippen LogP contribution in [0.2, 0.25) is 0 Å². The molecule has 4 nitrogen and oxygen atoms in total. The molecule has 2 aromatic carbocycles. The monoisotopic (exact) mass is 355 g/mol. The Morgan fingerprint density at radius 2 is 1.92 bits per heavy atom. The number of hydrogen-bond donors (Lipinski definition) is 1. The van der Waals surface area contributed by atoms with E-state index in [-0.39, 0.29) is 11.7 Å². The first-order valence-electron chi connectivity index (χ1n) is 8.41. The van der Waals surface area contributed by atoms with Gasteiger partial charge in [-0.15, -0.1) is 0 Å². The maximum atomic E-state index is 12.8. The van der Waals surface area contributed by atoms with E-state index in [1.165, 1.54) is 25.1 Å². The third-order valence-electron chi connectivity index (χ3n) is 3.74. The van der Waals surface area contributed by atoms with Gasteiger partial charge in [-0.3, -0.25) is 4.79 Å². The zero-order chi connectivity index (χ0) is 18.9. The number of esters is 1. The molecule has 0 radical (unpaired) electrons. The SMILES string of the molecule is Cc1cccc(/C=C/C(=O)O[C@@H](C)C(=O)NCCc2ccc(F)cc2)c1. The molecule has 0 fully saturated rings. The van der Waals surface area contributed by atoms with Crippen molar-refractivity contribution in [1.29, 1.82) is 0 Å². The van der Waals surface area contributed by atoms with Crippen LogP contribution in [0.5, 0.6) is 0 Å². The largest absolute Gasteiger partial charge is 0.449 e. The van der Waals surface area contributed by atoms with Crippen molar-refractivity contribution in [2.24, 2.45) is 0 Å². The molecule has 0 aromatic heterocycles. The van der Waals surface area contributed by atoms with Crippen LogP contribution < -0.4 is 5.32 Å². The van der Waals surface area contributed by atoms with Crippen molar-refractivity contribution in [3.8, 4) is 0 Å². The van der Waals surface area contributed by atoms with Crippen molar-refractivity contribution in [1.82, 2.24) is 5.32 Å². The number of aryl methyl sites for hydroxylation is 1. The summed E-state index contributed by atoms with van der Waals surface area (Å²) in [6.07, 6.45) is 2.63. The molecule has 0 saturated carbocycles. The first-order chi connectivity index (χ1) is 12.4. The highest BCUT2D eigenvalue weighted by molar-refractivity contribution is 5.90. The lowest BCUT2D eigenvalue weighted by atomic mass is 10.1. The van der Waals surface area contributed by atoms with Crippen LogP contribution in [0.25, 0.3) is 6.08 Å². The van der Waals surface area contributed by atoms with Crippen LogP contribution in [-0.4, -0.2) is 24.5 Å². The van der Waals surface area contributed by atoms with E-state index in [4.69, 9.17) is 4.74 Å². The summed E-state index contributed by atoms with van der Waals surface area (Å²) in [5, 5.41) is 2.70. The molecule has 5 heteroatoms. The Hall–Kier alpha value is -2.95. The fourth-order valence-electron chi connectivity index (χ4n) is 2.33. The number of carbonyl (C=O) groups is 2. The van der Waals surface area contributed by atoms with Gasteiger partial charge in [-0.1, -0.05) is 42.0 Å². The number of amides is 1. The van der Waals surface area contributed by atoms with Crippen LogP contribution in [-0.2, 0) is 20.7 Å². The molecule has 1 N–H and O–H groups in total. The first-order valence-corrected chi connectivity index (χ1v) is 8.41. The molecule has 26 heavy (non-hydrogen) atoms. The fourth-order valence-corrected chi connectivity index (χ4v) is 2.33. The maximum absolute atomic E-state index is 12.8. The quantitative estimate of drug-likeness (QED) is 0.611. The summed E-state index contributed by atoms with van der Waals surface area (Å²) in [5.41, 5.74) is 2.89. The van der Waals surface area contributed by atoms with E-state index < -0.39 is 12.1 Å². The predicted molar refractivity (Wildman–Crippen MR) is 98.9 cm³/mol. The number of rotatable bonds is 7. The molecule has 2 rings (SSSR count). The summed E-state index contributed by atoms with van der Waals surface area (Å²) >= 11 is 0. The van der Waals surface area contributed by atoms with E-state index in [0.717, 1.165) is 16.7 Å². The van der Waals surface area contributed by atoms with Crippen molar-refractivity contribution in [2.75, 3.05) is 6.54 Å². The Labute approximate surface area is 152 Å². The van der Waals surface area contributed by atoms with Crippen LogP contribution in [0.1, 0.15) is 23.6 Å². The number of carbonyl (C=O) groups excluding carboxylic acids is 2. The summed E-state index contributed by atoms with van der Waals surface area (Å²) in [7, 11) is 0. The number of hydrogen-bond acceptors (Lipinski definition) is 3. The van der Waals surface area contributed by atoms with Crippen molar-refractivity contribution in [3.05, 3.63) is 77.1 Å². The molecule has 0 saturated heterocycles. The molecule has 0 aliphatic heterocycles. The van der Waals surface area contributed by atoms with Gasteiger partial charge >= 0.3 is 5.97 Å². The molecule has 1 atom stereocenters. The molecular weight excluding hydrogens is 333 g/mol. The van der Waals surface area contributed by atoms with Crippen LogP contribution in [0.3, 0.4) is 0 Å². The van der Waals surface area contributed by atoms with Crippen LogP contribution in [0.4, 0.5) is 4.39 Å². The minimum Gasteiger partial charge on any atom is -0.449 e. The van der Waals surface area contributed by atoms with Gasteiger partial charge in [-0.05, 0) is 49.6 Å². The molecule has 0 heterocycles. The van der Waals surface area contributed by atoms with Crippen molar-refractivity contribution >= 4 is 18.0 Å². The minimum atomic E-state index is -0.891. The van der Waals surface area contributed by atoms with E-state index in [0.29, 0.717) is 13.0 Å². The minimum absolute atomic E-state index is 0.294. The average molecular weight is 355 g/mol. The molecule has 1 amide bonds. The maximum Gasteiger partial charge on any atom is 0.331 e. The second-order valence-electron chi connectivity index (χ2n) is 5.99. The lowest BCUT2D eigenvalue weighted by molar-refractivity contribution is -0.150. The van der Waals surface area contributed by atoms with Crippen molar-refractivity contribution in [2.45, 2.75) is 26.4 Å². The van der Waals surface area contributed by atoms with Gasteiger partial charge in [-0.2, -0.15) is 0 Å². The first kappa shape index (κ1) is 19.4. The van der Waals surface area contributed by atoms with Gasteiger partial charge < -0.3 is 10.1 Å². The summed E-state index contributed by atoms with van der Waals surface area (Å²) in [5.74, 6) is -1.24. The zero-order valence-corrected chi connectivity index (χ0v) is 14.9. The lowest BCUT2D eigenvalue weighted by Crippen LogP contribution is -2.36. The van der Waals surface area contributed by atoms with E-state index in [9.17, 15) is 14.0 Å². The standard InChI is InChI=1S/C21H22FNO3/c1-15-4-3-5-18(14-15)8-11-20(24)26-16(2)21(25)23-13-12-17-6-9-19(22)10-7-17/h3-11,14,16H,12-13H2,1-2H3,(H,23,25)/b11-8+/t16-/m0/s1. The molecule has 0 bridgehead atoms. The Kier molecular flexibility index (Phi) is 7.09. The third kappa shape index (κ3) is 6.51. The molecule has 0 spiro atoms. The second kappa shape index (κ2) is 9.51. The molecule has 0 aliphatic rings. The van der Waals surface area contributed by atoms with Crippen LogP contribution in [0, 0.1) is 12.7 Å². The fraction of sp³-hybridized carbons (Fsp3) is 0.238. The molecule has 0 aliphatic carbocycles. The van der Waals surface area contributed by atoms with Crippen molar-refractivity contribution in [3.63, 3.8) is 0 Å². The predicted octanol–water partition coefficient (Wildman–Crippen LogP) is 3.44. The highest BCUT2D eigenvalue weighted by atomic mass is 19.1. The highest BCUT2D eigenvalue weighted by Crippen LogP contribution is 2.06. The Morgan fingerprint density at radius 1 is 1.19 bits per heavy atom. The molecule has 136 valence electrons. The van der Waals surface area contributed by atoms with E-state index in [1.54, 1.807) is 18.2 Å². The topological polar surface area (TPSA) is 55.4 Å². The number of nitrogens with one attached hydrogen (secondary N) is 1. The van der Waals surface area contributed by atoms with E-state index in [1.807, 2.05) is 31.2 Å². The molecule has 2 aromatic rings. The van der Waals surface area contributed by atoms with Gasteiger partial charge in [0.15, 0.2) is 6.10 Å². The smallest absolute Gasteiger partial charge is 0.331 e. The third-order valence-corrected chi connectivity index (χ3v) is 3.74. The van der Waals surface area contributed by atoms with Gasteiger partial charge in [0.1, 0.15) is 5.82 Å². The summed E-state index contributed by atoms with van der Waals surface area (Å²) in [6, 6.07) is 13.8. The van der Waals surface area contributed by atoms with Gasteiger partial charge in [0.2, 0.25) is 0 Å². The molecular formula is C21H22FNO3. The summed E-state index contributed by atoms with van der Waals surface area (Å²) in [4.78, 5) is 23.8. The van der Waals surface area contributed by atoms with Gasteiger partial charge in [0.25, 0.3) is 5.91 Å². The summed E-state index contributed by atoms with van der Waals surface area (Å²) in [6.45, 7) is 3.87. The van der Waals surface area contributed by atoms with E-state index >= 15 is 0 Å². The lowest BCUT2D eigenvalue weighted by Gasteiger charge is -2.12. The Bertz CT molecular complexity index is 784. The van der Waals surface area contributed by atoms with Crippen molar-refractivity contribution < 1.29 is 18.7 Å². The van der Waals surface area contributed by atoms with E-state index in [2.05, 4.69) is 5.32 Å². The van der Waals surface area contributed by atoms with Gasteiger partial charge in [-0.25, -0.2) is 9.18 Å². The Morgan fingerprint density at radius 3 is 2.62 bits per heavy atom. The van der Waals surface area contributed by atoms with Gasteiger partial charge in [0, 0.05) is 12.6 Å². The Balaban J connectivity index is 1.75. The average Bonchev–Trinajstić information content (AvgIpc) is 2.61. The van der Waals surface area contributed by atoms with Crippen LogP contribution in [0.15, 0.2) is 54.6 Å². The normalized spacial score (nSPS) is 12.0. The van der Waals surface area contributed by atoms with Crippen LogP contribution >= 0.6 is 0 Å². The number of benzene rings is 2. The zero-order valence-electron chi connectivity index (χ0n) is 14.9. The van der Waals surface area contributed by atoms with Gasteiger partial charge in [0.05, 0.1) is 0 Å². The highest BCUT2D eigenvalue weighted by Gasteiger charge is 2.15. The number of ether oxygens (including phenoxy) is 1. The summed E-state index contributed by atoms with van der Waals surface area (Å²) < 4.78 is 17.9. The number of halogens is 1. The second-order valence-corrected chi connectivity index (χ2v) is 5.99.